The first-order chi connectivity index (χ1) is 9.21. The van der Waals surface area contributed by atoms with Crippen LogP contribution < -0.4 is 10.6 Å². The fraction of sp³-hybridized carbons (Fsp3) is 0.857. The van der Waals surface area contributed by atoms with Crippen molar-refractivity contribution in [1.29, 1.82) is 0 Å². The summed E-state index contributed by atoms with van der Waals surface area (Å²) in [5.41, 5.74) is 0. The number of guanidine groups is 1. The van der Waals surface area contributed by atoms with Crippen LogP contribution in [-0.4, -0.2) is 50.0 Å². The Morgan fingerprint density at radius 2 is 2.00 bits per heavy atom. The number of carbonyl (C=O) groups is 1. The lowest BCUT2D eigenvalue weighted by molar-refractivity contribution is -0.121. The average molecular weight is 268 g/mol. The molecule has 1 amide bonds. The van der Waals surface area contributed by atoms with Gasteiger partial charge < -0.3 is 15.5 Å². The van der Waals surface area contributed by atoms with Gasteiger partial charge in [-0.2, -0.15) is 0 Å². The second-order valence-corrected chi connectivity index (χ2v) is 5.04. The number of likely N-dealkylation sites (tertiary alicyclic amines) is 1. The lowest BCUT2D eigenvalue weighted by Crippen LogP contribution is -2.46. The van der Waals surface area contributed by atoms with Gasteiger partial charge in [0.25, 0.3) is 0 Å². The first kappa shape index (κ1) is 15.8. The molecule has 0 aromatic carbocycles. The highest BCUT2D eigenvalue weighted by atomic mass is 16.1. The Morgan fingerprint density at radius 1 is 1.32 bits per heavy atom. The molecule has 1 aliphatic rings. The largest absolute Gasteiger partial charge is 0.359 e. The van der Waals surface area contributed by atoms with Crippen molar-refractivity contribution in [1.82, 2.24) is 15.5 Å². The third-order valence-corrected chi connectivity index (χ3v) is 3.49. The van der Waals surface area contributed by atoms with Crippen molar-refractivity contribution < 1.29 is 4.79 Å². The van der Waals surface area contributed by atoms with Crippen LogP contribution >= 0.6 is 0 Å². The van der Waals surface area contributed by atoms with E-state index in [1.165, 1.54) is 0 Å². The lowest BCUT2D eigenvalue weighted by Gasteiger charge is -2.34. The van der Waals surface area contributed by atoms with E-state index >= 15 is 0 Å². The Morgan fingerprint density at radius 3 is 2.53 bits per heavy atom. The second-order valence-electron chi connectivity index (χ2n) is 5.04. The standard InChI is InChI=1S/C14H28N4O/c1-4-8-17-14(16-5-2)18-9-6-12(7-10-18)11-13(19)15-3/h12H,4-11H2,1-3H3,(H,15,19)(H,16,17). The lowest BCUT2D eigenvalue weighted by atomic mass is 9.93. The van der Waals surface area contributed by atoms with Crippen LogP contribution in [0.25, 0.3) is 0 Å². The van der Waals surface area contributed by atoms with Gasteiger partial charge in [-0.25, -0.2) is 0 Å². The zero-order valence-electron chi connectivity index (χ0n) is 12.5. The topological polar surface area (TPSA) is 56.7 Å². The highest BCUT2D eigenvalue weighted by Crippen LogP contribution is 2.20. The Labute approximate surface area is 116 Å². The first-order valence-corrected chi connectivity index (χ1v) is 7.45. The van der Waals surface area contributed by atoms with Crippen LogP contribution in [0.5, 0.6) is 0 Å². The SMILES string of the molecule is CCCN=C(NCC)N1CCC(CC(=O)NC)CC1. The summed E-state index contributed by atoms with van der Waals surface area (Å²) in [6.07, 6.45) is 3.88. The number of carbonyl (C=O) groups excluding carboxylic acids is 1. The molecule has 0 aliphatic carbocycles. The van der Waals surface area contributed by atoms with Gasteiger partial charge in [0.1, 0.15) is 0 Å². The van der Waals surface area contributed by atoms with E-state index in [4.69, 9.17) is 0 Å². The summed E-state index contributed by atoms with van der Waals surface area (Å²) in [5.74, 6) is 1.71. The van der Waals surface area contributed by atoms with Crippen molar-refractivity contribution in [3.63, 3.8) is 0 Å². The van der Waals surface area contributed by atoms with Crippen molar-refractivity contribution in [3.8, 4) is 0 Å². The van der Waals surface area contributed by atoms with Crippen molar-refractivity contribution in [2.75, 3.05) is 33.2 Å². The maximum atomic E-state index is 11.4. The molecule has 0 spiro atoms. The Kier molecular flexibility index (Phi) is 7.30. The predicted octanol–water partition coefficient (Wildman–Crippen LogP) is 1.21. The third-order valence-electron chi connectivity index (χ3n) is 3.49. The highest BCUT2D eigenvalue weighted by molar-refractivity contribution is 5.80. The number of amides is 1. The van der Waals surface area contributed by atoms with Gasteiger partial charge in [-0.1, -0.05) is 6.92 Å². The van der Waals surface area contributed by atoms with Crippen LogP contribution in [0.15, 0.2) is 4.99 Å². The normalized spacial score (nSPS) is 17.4. The zero-order chi connectivity index (χ0) is 14.1. The van der Waals surface area contributed by atoms with E-state index in [0.29, 0.717) is 12.3 Å². The van der Waals surface area contributed by atoms with Gasteiger partial charge >= 0.3 is 0 Å². The van der Waals surface area contributed by atoms with Crippen molar-refractivity contribution >= 4 is 11.9 Å². The number of hydrogen-bond donors (Lipinski definition) is 2. The minimum absolute atomic E-state index is 0.157. The predicted molar refractivity (Wildman–Crippen MR) is 79.3 cm³/mol. The van der Waals surface area contributed by atoms with Crippen LogP contribution in [0.1, 0.15) is 39.5 Å². The molecule has 0 saturated carbocycles. The zero-order valence-corrected chi connectivity index (χ0v) is 12.5. The molecular weight excluding hydrogens is 240 g/mol. The van der Waals surface area contributed by atoms with Crippen LogP contribution in [0.3, 0.4) is 0 Å². The van der Waals surface area contributed by atoms with E-state index in [9.17, 15) is 4.79 Å². The quantitative estimate of drug-likeness (QED) is 0.582. The van der Waals surface area contributed by atoms with Gasteiger partial charge in [-0.15, -0.1) is 0 Å². The molecule has 5 nitrogen and oxygen atoms in total. The van der Waals surface area contributed by atoms with E-state index in [0.717, 1.165) is 51.4 Å². The van der Waals surface area contributed by atoms with E-state index in [2.05, 4.69) is 34.4 Å². The molecule has 0 bridgehead atoms. The van der Waals surface area contributed by atoms with Gasteiger partial charge in [0.15, 0.2) is 5.96 Å². The number of rotatable bonds is 5. The Balaban J connectivity index is 2.44. The summed E-state index contributed by atoms with van der Waals surface area (Å²) in [6.45, 7) is 8.01. The summed E-state index contributed by atoms with van der Waals surface area (Å²) in [5, 5.41) is 6.06. The molecule has 0 aromatic heterocycles. The molecule has 1 saturated heterocycles. The summed E-state index contributed by atoms with van der Waals surface area (Å²) in [6, 6.07) is 0. The van der Waals surface area contributed by atoms with E-state index in [1.807, 2.05) is 0 Å². The molecule has 5 heteroatoms. The molecule has 1 aliphatic heterocycles. The molecule has 1 rings (SSSR count). The molecular formula is C14H28N4O. The van der Waals surface area contributed by atoms with Crippen molar-refractivity contribution in [2.24, 2.45) is 10.9 Å². The van der Waals surface area contributed by atoms with Crippen molar-refractivity contribution in [2.45, 2.75) is 39.5 Å². The van der Waals surface area contributed by atoms with Crippen LogP contribution in [-0.2, 0) is 4.79 Å². The van der Waals surface area contributed by atoms with Crippen LogP contribution in [0.2, 0.25) is 0 Å². The number of nitrogens with one attached hydrogen (secondary N) is 2. The van der Waals surface area contributed by atoms with E-state index in [-0.39, 0.29) is 5.91 Å². The van der Waals surface area contributed by atoms with Gasteiger partial charge in [0.05, 0.1) is 0 Å². The monoisotopic (exact) mass is 268 g/mol. The molecule has 110 valence electrons. The molecule has 0 radical (unpaired) electrons. The smallest absolute Gasteiger partial charge is 0.220 e. The number of nitrogens with zero attached hydrogens (tertiary/aromatic N) is 2. The molecule has 19 heavy (non-hydrogen) atoms. The maximum absolute atomic E-state index is 11.4. The second kappa shape index (κ2) is 8.77. The first-order valence-electron chi connectivity index (χ1n) is 7.45. The Bertz CT molecular complexity index is 296. The minimum atomic E-state index is 0.157. The third kappa shape index (κ3) is 5.49. The van der Waals surface area contributed by atoms with Gasteiger partial charge in [-0.3, -0.25) is 9.79 Å². The highest BCUT2D eigenvalue weighted by Gasteiger charge is 2.22. The fourth-order valence-electron chi connectivity index (χ4n) is 2.36. The van der Waals surface area contributed by atoms with Crippen LogP contribution in [0.4, 0.5) is 0 Å². The summed E-state index contributed by atoms with van der Waals surface area (Å²) in [7, 11) is 1.71. The summed E-state index contributed by atoms with van der Waals surface area (Å²) in [4.78, 5) is 18.3. The van der Waals surface area contributed by atoms with Gasteiger partial charge in [0.2, 0.25) is 5.91 Å². The molecule has 0 unspecified atom stereocenters. The number of hydrogen-bond acceptors (Lipinski definition) is 2. The Hall–Kier alpha value is -1.26. The minimum Gasteiger partial charge on any atom is -0.359 e. The maximum Gasteiger partial charge on any atom is 0.220 e. The van der Waals surface area contributed by atoms with Crippen LogP contribution in [0, 0.1) is 5.92 Å². The van der Waals surface area contributed by atoms with Gasteiger partial charge in [0, 0.05) is 39.6 Å². The number of piperidine rings is 1. The van der Waals surface area contributed by atoms with E-state index in [1.54, 1.807) is 7.05 Å². The summed E-state index contributed by atoms with van der Waals surface area (Å²) < 4.78 is 0. The van der Waals surface area contributed by atoms with Crippen molar-refractivity contribution in [3.05, 3.63) is 0 Å². The molecule has 1 fully saturated rings. The average Bonchev–Trinajstić information content (AvgIpc) is 2.44. The fourth-order valence-corrected chi connectivity index (χ4v) is 2.36. The summed E-state index contributed by atoms with van der Waals surface area (Å²) >= 11 is 0. The van der Waals surface area contributed by atoms with Gasteiger partial charge in [-0.05, 0) is 32.1 Å². The number of aliphatic imine (C=N–C) groups is 1. The molecule has 2 N–H and O–H groups in total. The van der Waals surface area contributed by atoms with E-state index < -0.39 is 0 Å². The molecule has 0 atom stereocenters. The molecule has 1 heterocycles. The molecule has 0 aromatic rings.